The topological polar surface area (TPSA) is 20.3 Å². The van der Waals surface area contributed by atoms with Crippen LogP contribution in [-0.2, 0) is 4.79 Å². The molecular weight excluding hydrogens is 269 g/mol. The Hall–Kier alpha value is -0.210. The molecule has 102 valence electrons. The Morgan fingerprint density at radius 2 is 2.06 bits per heavy atom. The number of likely N-dealkylation sites (tertiary alicyclic amines) is 1. The van der Waals surface area contributed by atoms with E-state index in [0.29, 0.717) is 5.92 Å². The van der Waals surface area contributed by atoms with Crippen molar-refractivity contribution in [3.8, 4) is 0 Å². The maximum atomic E-state index is 12.5. The van der Waals surface area contributed by atoms with Crippen molar-refractivity contribution in [2.45, 2.75) is 33.6 Å². The molecule has 3 atom stereocenters. The Labute approximate surface area is 119 Å². The standard InChI is InChI=1S/C14H21Cl2NO/c1-9-5-4-6-17(8-9)13(18)12-10(7-11(15)16)14(12,2)3/h7,9-10,12H,4-6,8H2,1-3H3/t9-,10+,12+/m0/s1. The Kier molecular flexibility index (Phi) is 3.99. The van der Waals surface area contributed by atoms with Crippen molar-refractivity contribution in [1.29, 1.82) is 0 Å². The molecule has 1 amide bonds. The minimum absolute atomic E-state index is 0.00714. The normalized spacial score (nSPS) is 34.1. The van der Waals surface area contributed by atoms with Gasteiger partial charge in [-0.25, -0.2) is 0 Å². The molecule has 2 nitrogen and oxygen atoms in total. The number of allylic oxidation sites excluding steroid dienone is 1. The number of rotatable bonds is 2. The molecule has 2 fully saturated rings. The van der Waals surface area contributed by atoms with Crippen molar-refractivity contribution >= 4 is 29.1 Å². The van der Waals surface area contributed by atoms with E-state index in [0.717, 1.165) is 19.5 Å². The monoisotopic (exact) mass is 289 g/mol. The summed E-state index contributed by atoms with van der Waals surface area (Å²) in [5, 5.41) is 0. The van der Waals surface area contributed by atoms with Gasteiger partial charge in [0.05, 0.1) is 5.92 Å². The van der Waals surface area contributed by atoms with Gasteiger partial charge in [0, 0.05) is 13.1 Å². The molecule has 0 bridgehead atoms. The summed E-state index contributed by atoms with van der Waals surface area (Å²) >= 11 is 11.4. The molecule has 4 heteroatoms. The van der Waals surface area contributed by atoms with Gasteiger partial charge >= 0.3 is 0 Å². The maximum Gasteiger partial charge on any atom is 0.226 e. The van der Waals surface area contributed by atoms with E-state index in [1.807, 2.05) is 11.0 Å². The fraction of sp³-hybridized carbons (Fsp3) is 0.786. The second-order valence-electron chi connectivity index (χ2n) is 6.31. The highest BCUT2D eigenvalue weighted by atomic mass is 35.5. The molecular formula is C14H21Cl2NO. The Bertz CT molecular complexity index is 374. The highest BCUT2D eigenvalue weighted by Crippen LogP contribution is 2.60. The van der Waals surface area contributed by atoms with Crippen LogP contribution in [0.3, 0.4) is 0 Å². The third-order valence-electron chi connectivity index (χ3n) is 4.45. The highest BCUT2D eigenvalue weighted by Gasteiger charge is 2.61. The van der Waals surface area contributed by atoms with Gasteiger partial charge in [-0.05, 0) is 36.2 Å². The van der Waals surface area contributed by atoms with E-state index < -0.39 is 0 Å². The van der Waals surface area contributed by atoms with Crippen molar-refractivity contribution in [2.24, 2.45) is 23.2 Å². The SMILES string of the molecule is C[C@H]1CCCN(C(=O)[C@H]2[C@@H](C=C(Cl)Cl)C2(C)C)C1. The van der Waals surface area contributed by atoms with E-state index in [2.05, 4.69) is 20.8 Å². The second kappa shape index (κ2) is 5.05. The van der Waals surface area contributed by atoms with E-state index >= 15 is 0 Å². The van der Waals surface area contributed by atoms with Crippen LogP contribution < -0.4 is 0 Å². The molecule has 0 unspecified atom stereocenters. The Morgan fingerprint density at radius 1 is 1.39 bits per heavy atom. The third-order valence-corrected chi connectivity index (χ3v) is 4.70. The van der Waals surface area contributed by atoms with Gasteiger partial charge in [-0.1, -0.05) is 44.0 Å². The molecule has 1 aliphatic carbocycles. The summed E-state index contributed by atoms with van der Waals surface area (Å²) in [7, 11) is 0. The van der Waals surface area contributed by atoms with Crippen LogP contribution >= 0.6 is 23.2 Å². The summed E-state index contributed by atoms with van der Waals surface area (Å²) in [6, 6.07) is 0. The van der Waals surface area contributed by atoms with E-state index in [1.54, 1.807) is 0 Å². The maximum absolute atomic E-state index is 12.5. The minimum atomic E-state index is -0.00714. The lowest BCUT2D eigenvalue weighted by molar-refractivity contribution is -0.135. The summed E-state index contributed by atoms with van der Waals surface area (Å²) in [5.41, 5.74) is -0.00714. The first-order chi connectivity index (χ1) is 8.34. The molecule has 0 radical (unpaired) electrons. The van der Waals surface area contributed by atoms with E-state index in [1.165, 1.54) is 6.42 Å². The van der Waals surface area contributed by atoms with Crippen molar-refractivity contribution in [2.75, 3.05) is 13.1 Å². The fourth-order valence-electron chi connectivity index (χ4n) is 3.18. The van der Waals surface area contributed by atoms with Crippen LogP contribution in [0.5, 0.6) is 0 Å². The quantitative estimate of drug-likeness (QED) is 0.756. The summed E-state index contributed by atoms with van der Waals surface area (Å²) in [6.07, 6.45) is 4.17. The van der Waals surface area contributed by atoms with Crippen molar-refractivity contribution in [3.63, 3.8) is 0 Å². The molecule has 0 N–H and O–H groups in total. The summed E-state index contributed by atoms with van der Waals surface area (Å²) in [4.78, 5) is 14.5. The van der Waals surface area contributed by atoms with Crippen LogP contribution in [0.25, 0.3) is 0 Å². The Morgan fingerprint density at radius 3 is 2.61 bits per heavy atom. The molecule has 0 aromatic heterocycles. The number of carbonyl (C=O) groups excluding carboxylic acids is 1. The molecule has 1 heterocycles. The van der Waals surface area contributed by atoms with Gasteiger partial charge in [-0.2, -0.15) is 0 Å². The van der Waals surface area contributed by atoms with E-state index in [9.17, 15) is 4.79 Å². The smallest absolute Gasteiger partial charge is 0.226 e. The molecule has 0 aromatic carbocycles. The van der Waals surface area contributed by atoms with Crippen LogP contribution in [0.2, 0.25) is 0 Å². The molecule has 1 aliphatic heterocycles. The molecule has 1 saturated heterocycles. The van der Waals surface area contributed by atoms with Crippen molar-refractivity contribution in [1.82, 2.24) is 4.90 Å². The van der Waals surface area contributed by atoms with Crippen LogP contribution in [0, 0.1) is 23.2 Å². The Balaban J connectivity index is 2.04. The highest BCUT2D eigenvalue weighted by molar-refractivity contribution is 6.55. The van der Waals surface area contributed by atoms with Gasteiger partial charge in [-0.15, -0.1) is 0 Å². The number of carbonyl (C=O) groups is 1. The van der Waals surface area contributed by atoms with Crippen LogP contribution in [0.15, 0.2) is 10.6 Å². The molecule has 2 aliphatic rings. The molecule has 1 saturated carbocycles. The van der Waals surface area contributed by atoms with Crippen LogP contribution in [0.4, 0.5) is 0 Å². The number of halogens is 2. The zero-order valence-electron chi connectivity index (χ0n) is 11.2. The fourth-order valence-corrected chi connectivity index (χ4v) is 3.45. The second-order valence-corrected chi connectivity index (χ2v) is 7.32. The third kappa shape index (κ3) is 2.70. The van der Waals surface area contributed by atoms with Crippen LogP contribution in [-0.4, -0.2) is 23.9 Å². The van der Waals surface area contributed by atoms with E-state index in [-0.39, 0.29) is 27.6 Å². The summed E-state index contributed by atoms with van der Waals surface area (Å²) in [5.74, 6) is 1.14. The first-order valence-electron chi connectivity index (χ1n) is 6.65. The first-order valence-corrected chi connectivity index (χ1v) is 7.41. The summed E-state index contributed by atoms with van der Waals surface area (Å²) < 4.78 is 0.274. The predicted octanol–water partition coefficient (Wildman–Crippen LogP) is 3.84. The van der Waals surface area contributed by atoms with E-state index in [4.69, 9.17) is 23.2 Å². The van der Waals surface area contributed by atoms with Crippen LogP contribution in [0.1, 0.15) is 33.6 Å². The van der Waals surface area contributed by atoms with Gasteiger partial charge in [0.25, 0.3) is 0 Å². The number of hydrogen-bond acceptors (Lipinski definition) is 1. The zero-order chi connectivity index (χ0) is 13.5. The zero-order valence-corrected chi connectivity index (χ0v) is 12.8. The number of nitrogens with zero attached hydrogens (tertiary/aromatic N) is 1. The van der Waals surface area contributed by atoms with Gasteiger partial charge in [-0.3, -0.25) is 4.79 Å². The molecule has 0 aromatic rings. The molecule has 2 rings (SSSR count). The number of amides is 1. The van der Waals surface area contributed by atoms with Crippen molar-refractivity contribution in [3.05, 3.63) is 10.6 Å². The number of hydrogen-bond donors (Lipinski definition) is 0. The van der Waals surface area contributed by atoms with Gasteiger partial charge in [0.15, 0.2) is 0 Å². The molecule has 18 heavy (non-hydrogen) atoms. The number of piperidine rings is 1. The first kappa shape index (κ1) is 14.2. The van der Waals surface area contributed by atoms with Gasteiger partial charge in [0.1, 0.15) is 4.49 Å². The summed E-state index contributed by atoms with van der Waals surface area (Å²) in [6.45, 7) is 8.24. The lowest BCUT2D eigenvalue weighted by Gasteiger charge is -2.31. The average molecular weight is 290 g/mol. The predicted molar refractivity (Wildman–Crippen MR) is 75.5 cm³/mol. The van der Waals surface area contributed by atoms with Gasteiger partial charge in [0.2, 0.25) is 5.91 Å². The minimum Gasteiger partial charge on any atom is -0.342 e. The molecule has 0 spiro atoms. The van der Waals surface area contributed by atoms with Gasteiger partial charge < -0.3 is 4.90 Å². The largest absolute Gasteiger partial charge is 0.342 e. The lowest BCUT2D eigenvalue weighted by Crippen LogP contribution is -2.40. The van der Waals surface area contributed by atoms with Crippen molar-refractivity contribution < 1.29 is 4.79 Å². The average Bonchev–Trinajstić information content (AvgIpc) is 2.78. The lowest BCUT2D eigenvalue weighted by atomic mass is 9.99.